The van der Waals surface area contributed by atoms with E-state index in [1.54, 1.807) is 7.05 Å². The van der Waals surface area contributed by atoms with Crippen molar-refractivity contribution in [3.63, 3.8) is 0 Å². The number of hydrogen-bond acceptors (Lipinski definition) is 4. The van der Waals surface area contributed by atoms with E-state index >= 15 is 0 Å². The Balaban J connectivity index is 1.82. The standard InChI is InChI=1S/C18H31N5O2S/c1-19-18(20-11-8-12-22-26(2,24)25)21-15-17(23-13-6-7-14-23)16-9-4-3-5-10-16/h3-5,9-10,17,22H,6-8,11-15H2,1-2H3,(H2,19,20,21). The molecule has 26 heavy (non-hydrogen) atoms. The monoisotopic (exact) mass is 381 g/mol. The van der Waals surface area contributed by atoms with Gasteiger partial charge in [-0.2, -0.15) is 0 Å². The second-order valence-corrected chi connectivity index (χ2v) is 8.40. The van der Waals surface area contributed by atoms with Gasteiger partial charge in [-0.1, -0.05) is 30.3 Å². The number of hydrogen-bond donors (Lipinski definition) is 3. The van der Waals surface area contributed by atoms with Crippen LogP contribution in [0.4, 0.5) is 0 Å². The van der Waals surface area contributed by atoms with Crippen molar-refractivity contribution < 1.29 is 8.42 Å². The highest BCUT2D eigenvalue weighted by Crippen LogP contribution is 2.24. The van der Waals surface area contributed by atoms with Crippen LogP contribution in [-0.4, -0.2) is 65.3 Å². The molecule has 8 heteroatoms. The van der Waals surface area contributed by atoms with Gasteiger partial charge in [0.1, 0.15) is 0 Å². The van der Waals surface area contributed by atoms with Crippen molar-refractivity contribution in [1.82, 2.24) is 20.3 Å². The Bertz CT molecular complexity index is 657. The van der Waals surface area contributed by atoms with E-state index in [1.165, 1.54) is 24.7 Å². The van der Waals surface area contributed by atoms with Gasteiger partial charge in [-0.3, -0.25) is 9.89 Å². The molecule has 1 aliphatic heterocycles. The maximum atomic E-state index is 11.1. The summed E-state index contributed by atoms with van der Waals surface area (Å²) in [4.78, 5) is 6.78. The zero-order valence-corrected chi connectivity index (χ0v) is 16.6. The molecular formula is C18H31N5O2S. The molecule has 0 bridgehead atoms. The third-order valence-electron chi connectivity index (χ3n) is 4.46. The van der Waals surface area contributed by atoms with E-state index in [9.17, 15) is 8.42 Å². The average Bonchev–Trinajstić information content (AvgIpc) is 3.14. The first-order valence-electron chi connectivity index (χ1n) is 9.18. The largest absolute Gasteiger partial charge is 0.356 e. The summed E-state index contributed by atoms with van der Waals surface area (Å²) in [6.45, 7) is 4.12. The fraction of sp³-hybridized carbons (Fsp3) is 0.611. The van der Waals surface area contributed by atoms with Crippen LogP contribution in [0.1, 0.15) is 30.9 Å². The second-order valence-electron chi connectivity index (χ2n) is 6.57. The van der Waals surface area contributed by atoms with E-state index in [4.69, 9.17) is 0 Å². The van der Waals surface area contributed by atoms with E-state index in [-0.39, 0.29) is 0 Å². The summed E-state index contributed by atoms with van der Waals surface area (Å²) in [5.74, 6) is 0.740. The molecule has 1 aromatic rings. The van der Waals surface area contributed by atoms with Crippen LogP contribution in [0.5, 0.6) is 0 Å². The van der Waals surface area contributed by atoms with Crippen LogP contribution in [0.15, 0.2) is 35.3 Å². The maximum Gasteiger partial charge on any atom is 0.208 e. The lowest BCUT2D eigenvalue weighted by Gasteiger charge is -2.29. The zero-order chi connectivity index (χ0) is 18.8. The van der Waals surface area contributed by atoms with Crippen LogP contribution in [0, 0.1) is 0 Å². The van der Waals surface area contributed by atoms with Crippen molar-refractivity contribution >= 4 is 16.0 Å². The van der Waals surface area contributed by atoms with Crippen molar-refractivity contribution in [2.75, 3.05) is 46.0 Å². The molecule has 1 aliphatic rings. The van der Waals surface area contributed by atoms with Crippen LogP contribution in [-0.2, 0) is 10.0 Å². The number of nitrogens with one attached hydrogen (secondary N) is 3. The van der Waals surface area contributed by atoms with Gasteiger partial charge in [0, 0.05) is 26.7 Å². The van der Waals surface area contributed by atoms with Crippen LogP contribution in [0.2, 0.25) is 0 Å². The Hall–Kier alpha value is -1.64. The van der Waals surface area contributed by atoms with Gasteiger partial charge in [0.2, 0.25) is 10.0 Å². The Morgan fingerprint density at radius 2 is 1.85 bits per heavy atom. The highest BCUT2D eigenvalue weighted by molar-refractivity contribution is 7.88. The fourth-order valence-electron chi connectivity index (χ4n) is 3.15. The number of guanidine groups is 1. The van der Waals surface area contributed by atoms with Crippen LogP contribution >= 0.6 is 0 Å². The quantitative estimate of drug-likeness (QED) is 0.337. The SMILES string of the molecule is CN=C(NCCCNS(C)(=O)=O)NCC(c1ccccc1)N1CCCC1. The summed E-state index contributed by atoms with van der Waals surface area (Å²) < 4.78 is 24.6. The predicted octanol–water partition coefficient (Wildman–Crippen LogP) is 0.928. The zero-order valence-electron chi connectivity index (χ0n) is 15.7. The summed E-state index contributed by atoms with van der Waals surface area (Å²) in [5.41, 5.74) is 1.31. The molecule has 1 aromatic carbocycles. The van der Waals surface area contributed by atoms with Crippen molar-refractivity contribution in [1.29, 1.82) is 0 Å². The predicted molar refractivity (Wildman–Crippen MR) is 107 cm³/mol. The highest BCUT2D eigenvalue weighted by atomic mass is 32.2. The van der Waals surface area contributed by atoms with E-state index in [0.29, 0.717) is 25.6 Å². The Morgan fingerprint density at radius 1 is 1.15 bits per heavy atom. The van der Waals surface area contributed by atoms with Gasteiger partial charge >= 0.3 is 0 Å². The molecule has 0 saturated carbocycles. The van der Waals surface area contributed by atoms with Gasteiger partial charge in [-0.25, -0.2) is 13.1 Å². The number of rotatable bonds is 9. The number of nitrogens with zero attached hydrogens (tertiary/aromatic N) is 2. The highest BCUT2D eigenvalue weighted by Gasteiger charge is 2.23. The van der Waals surface area contributed by atoms with Gasteiger partial charge in [0.25, 0.3) is 0 Å². The molecule has 7 nitrogen and oxygen atoms in total. The summed E-state index contributed by atoms with van der Waals surface area (Å²) in [6, 6.07) is 10.9. The van der Waals surface area contributed by atoms with Crippen LogP contribution in [0.3, 0.4) is 0 Å². The molecule has 1 unspecified atom stereocenters. The lowest BCUT2D eigenvalue weighted by Crippen LogP contribution is -2.43. The van der Waals surface area contributed by atoms with Gasteiger partial charge in [0.05, 0.1) is 12.3 Å². The third-order valence-corrected chi connectivity index (χ3v) is 5.19. The van der Waals surface area contributed by atoms with Gasteiger partial charge < -0.3 is 10.6 Å². The van der Waals surface area contributed by atoms with Crippen molar-refractivity contribution in [3.8, 4) is 0 Å². The minimum atomic E-state index is -3.12. The number of likely N-dealkylation sites (tertiary alicyclic amines) is 1. The summed E-state index contributed by atoms with van der Waals surface area (Å²) >= 11 is 0. The Labute approximate surface area is 157 Å². The van der Waals surface area contributed by atoms with Gasteiger partial charge in [-0.15, -0.1) is 0 Å². The van der Waals surface area contributed by atoms with Crippen molar-refractivity contribution in [2.24, 2.45) is 4.99 Å². The van der Waals surface area contributed by atoms with Gasteiger partial charge in [0.15, 0.2) is 5.96 Å². The molecule has 0 aliphatic carbocycles. The maximum absolute atomic E-state index is 11.1. The number of aliphatic imine (C=N–C) groups is 1. The summed E-state index contributed by atoms with van der Waals surface area (Å²) in [5, 5.41) is 6.65. The first kappa shape index (κ1) is 20.7. The summed E-state index contributed by atoms with van der Waals surface area (Å²) in [7, 11) is -1.37. The van der Waals surface area contributed by atoms with E-state index in [2.05, 4.69) is 49.5 Å². The van der Waals surface area contributed by atoms with Crippen LogP contribution in [0.25, 0.3) is 0 Å². The molecule has 3 N–H and O–H groups in total. The molecule has 1 saturated heterocycles. The lowest BCUT2D eigenvalue weighted by atomic mass is 10.1. The fourth-order valence-corrected chi connectivity index (χ4v) is 3.67. The number of benzene rings is 1. The first-order chi connectivity index (χ1) is 12.5. The molecule has 0 amide bonds. The van der Waals surface area contributed by atoms with E-state index in [0.717, 1.165) is 25.6 Å². The van der Waals surface area contributed by atoms with Gasteiger partial charge in [-0.05, 0) is 37.9 Å². The lowest BCUT2D eigenvalue weighted by molar-refractivity contribution is 0.245. The Morgan fingerprint density at radius 3 is 2.46 bits per heavy atom. The molecule has 1 fully saturated rings. The van der Waals surface area contributed by atoms with E-state index in [1.807, 2.05) is 6.07 Å². The normalized spacial score (nSPS) is 17.2. The molecule has 2 rings (SSSR count). The minimum Gasteiger partial charge on any atom is -0.356 e. The average molecular weight is 382 g/mol. The van der Waals surface area contributed by atoms with Crippen molar-refractivity contribution in [2.45, 2.75) is 25.3 Å². The first-order valence-corrected chi connectivity index (χ1v) is 11.1. The van der Waals surface area contributed by atoms with Crippen LogP contribution < -0.4 is 15.4 Å². The number of sulfonamides is 1. The second kappa shape index (κ2) is 10.5. The Kier molecular flexibility index (Phi) is 8.34. The topological polar surface area (TPSA) is 85.8 Å². The molecular weight excluding hydrogens is 350 g/mol. The van der Waals surface area contributed by atoms with E-state index < -0.39 is 10.0 Å². The minimum absolute atomic E-state index is 0.323. The molecule has 146 valence electrons. The molecule has 0 aromatic heterocycles. The third kappa shape index (κ3) is 7.31. The molecule has 0 spiro atoms. The van der Waals surface area contributed by atoms with Crippen molar-refractivity contribution in [3.05, 3.63) is 35.9 Å². The molecule has 1 heterocycles. The molecule has 1 atom stereocenters. The smallest absolute Gasteiger partial charge is 0.208 e. The summed E-state index contributed by atoms with van der Waals surface area (Å²) in [6.07, 6.45) is 4.37. The molecule has 0 radical (unpaired) electrons.